The Hall–Kier alpha value is -1.03. The van der Waals surface area contributed by atoms with E-state index in [1.54, 1.807) is 18.2 Å². The number of rotatable bonds is 4. The van der Waals surface area contributed by atoms with E-state index in [0.717, 1.165) is 24.8 Å². The lowest BCUT2D eigenvalue weighted by Gasteiger charge is -2.03. The van der Waals surface area contributed by atoms with Gasteiger partial charge in [-0.3, -0.25) is 10.1 Å². The Morgan fingerprint density at radius 1 is 1.50 bits per heavy atom. The summed E-state index contributed by atoms with van der Waals surface area (Å²) in [4.78, 5) is 10.9. The maximum atomic E-state index is 10.8. The third-order valence-electron chi connectivity index (χ3n) is 2.08. The summed E-state index contributed by atoms with van der Waals surface area (Å²) in [5.41, 5.74) is 0.939. The molecule has 14 heavy (non-hydrogen) atoms. The van der Waals surface area contributed by atoms with Gasteiger partial charge < -0.3 is 0 Å². The molecule has 3 nitrogen and oxygen atoms in total. The number of hydrogen-bond acceptors (Lipinski definition) is 3. The van der Waals surface area contributed by atoms with Gasteiger partial charge in [0, 0.05) is 5.56 Å². The lowest BCUT2D eigenvalue weighted by molar-refractivity contribution is -0.388. The van der Waals surface area contributed by atoms with Crippen LogP contribution in [-0.4, -0.2) is 4.92 Å². The highest BCUT2D eigenvalue weighted by molar-refractivity contribution is 7.80. The minimum absolute atomic E-state index is 0.157. The van der Waals surface area contributed by atoms with Crippen molar-refractivity contribution >= 4 is 18.3 Å². The lowest BCUT2D eigenvalue weighted by Crippen LogP contribution is -1.96. The van der Waals surface area contributed by atoms with E-state index < -0.39 is 0 Å². The minimum Gasteiger partial charge on any atom is -0.258 e. The van der Waals surface area contributed by atoms with Gasteiger partial charge in [-0.25, -0.2) is 0 Å². The van der Waals surface area contributed by atoms with Gasteiger partial charge in [-0.05, 0) is 18.9 Å². The number of nitrogens with zero attached hydrogens (tertiary/aromatic N) is 1. The van der Waals surface area contributed by atoms with Gasteiger partial charge in [0.1, 0.15) is 0 Å². The molecular formula is C10H13NO2S. The van der Waals surface area contributed by atoms with Crippen molar-refractivity contribution < 1.29 is 4.92 Å². The second-order valence-corrected chi connectivity index (χ2v) is 3.63. The van der Waals surface area contributed by atoms with Crippen molar-refractivity contribution in [1.29, 1.82) is 0 Å². The molecule has 0 saturated heterocycles. The van der Waals surface area contributed by atoms with E-state index in [0.29, 0.717) is 4.90 Å². The fourth-order valence-electron chi connectivity index (χ4n) is 1.36. The molecule has 0 radical (unpaired) electrons. The summed E-state index contributed by atoms with van der Waals surface area (Å²) < 4.78 is 0. The number of para-hydroxylation sites is 1. The third-order valence-corrected chi connectivity index (χ3v) is 2.44. The zero-order chi connectivity index (χ0) is 10.6. The van der Waals surface area contributed by atoms with Crippen LogP contribution in [0.5, 0.6) is 0 Å². The van der Waals surface area contributed by atoms with Gasteiger partial charge in [-0.2, -0.15) is 0 Å². The van der Waals surface area contributed by atoms with Gasteiger partial charge in [-0.15, -0.1) is 12.6 Å². The molecule has 0 bridgehead atoms. The lowest BCUT2D eigenvalue weighted by atomic mass is 10.1. The van der Waals surface area contributed by atoms with E-state index in [9.17, 15) is 10.1 Å². The molecule has 0 N–H and O–H groups in total. The number of nitro groups is 1. The SMILES string of the molecule is CCCCc1cccc(S)c1[N+](=O)[O-]. The molecule has 0 atom stereocenters. The van der Waals surface area contributed by atoms with E-state index in [2.05, 4.69) is 19.6 Å². The molecule has 1 aromatic rings. The molecule has 4 heteroatoms. The summed E-state index contributed by atoms with van der Waals surface area (Å²) in [6.07, 6.45) is 2.76. The molecule has 0 saturated carbocycles. The number of thiol groups is 1. The van der Waals surface area contributed by atoms with Crippen LogP contribution in [0.1, 0.15) is 25.3 Å². The molecule has 76 valence electrons. The van der Waals surface area contributed by atoms with Gasteiger partial charge >= 0.3 is 0 Å². The molecule has 0 fully saturated rings. The van der Waals surface area contributed by atoms with E-state index in [1.165, 1.54) is 0 Å². The monoisotopic (exact) mass is 211 g/mol. The van der Waals surface area contributed by atoms with Gasteiger partial charge in [0.2, 0.25) is 0 Å². The first-order valence-electron chi connectivity index (χ1n) is 4.62. The Kier molecular flexibility index (Phi) is 3.95. The first-order chi connectivity index (χ1) is 6.66. The predicted octanol–water partition coefficient (Wildman–Crippen LogP) is 3.23. The standard InChI is InChI=1S/C10H13NO2S/c1-2-3-5-8-6-4-7-9(14)10(8)11(12)13/h4,6-7,14H,2-3,5H2,1H3. The molecular weight excluding hydrogens is 198 g/mol. The van der Waals surface area contributed by atoms with E-state index in [1.807, 2.05) is 0 Å². The average Bonchev–Trinajstić information content (AvgIpc) is 2.14. The van der Waals surface area contributed by atoms with Crippen molar-refractivity contribution in [1.82, 2.24) is 0 Å². The van der Waals surface area contributed by atoms with Crippen LogP contribution in [-0.2, 0) is 6.42 Å². The molecule has 0 aromatic heterocycles. The smallest absolute Gasteiger partial charge is 0.258 e. The third kappa shape index (κ3) is 2.48. The van der Waals surface area contributed by atoms with Crippen LogP contribution in [0.25, 0.3) is 0 Å². The quantitative estimate of drug-likeness (QED) is 0.472. The molecule has 0 amide bonds. The van der Waals surface area contributed by atoms with E-state index in [-0.39, 0.29) is 10.6 Å². The molecule has 1 aromatic carbocycles. The molecule has 1 rings (SSSR count). The number of nitro benzene ring substituents is 1. The van der Waals surface area contributed by atoms with Crippen LogP contribution in [0.4, 0.5) is 5.69 Å². The van der Waals surface area contributed by atoms with Crippen molar-refractivity contribution in [2.45, 2.75) is 31.1 Å². The molecule has 0 heterocycles. The van der Waals surface area contributed by atoms with Gasteiger partial charge in [0.25, 0.3) is 5.69 Å². The highest BCUT2D eigenvalue weighted by atomic mass is 32.1. The maximum absolute atomic E-state index is 10.8. The fraction of sp³-hybridized carbons (Fsp3) is 0.400. The van der Waals surface area contributed by atoms with E-state index in [4.69, 9.17) is 0 Å². The van der Waals surface area contributed by atoms with Crippen LogP contribution in [0.15, 0.2) is 23.1 Å². The van der Waals surface area contributed by atoms with Crippen LogP contribution in [0, 0.1) is 10.1 Å². The Morgan fingerprint density at radius 3 is 2.79 bits per heavy atom. The number of aryl methyl sites for hydroxylation is 1. The first kappa shape index (κ1) is 11.0. The molecule has 0 aliphatic heterocycles. The van der Waals surface area contributed by atoms with Gasteiger partial charge in [0.15, 0.2) is 0 Å². The molecule has 0 unspecified atom stereocenters. The molecule has 0 aliphatic rings. The van der Waals surface area contributed by atoms with Crippen LogP contribution in [0.3, 0.4) is 0 Å². The Labute approximate surface area is 88.7 Å². The fourth-order valence-corrected chi connectivity index (χ4v) is 1.67. The maximum Gasteiger partial charge on any atom is 0.285 e. The van der Waals surface area contributed by atoms with Crippen molar-refractivity contribution in [2.75, 3.05) is 0 Å². The highest BCUT2D eigenvalue weighted by Gasteiger charge is 2.16. The number of benzene rings is 1. The van der Waals surface area contributed by atoms with Crippen LogP contribution < -0.4 is 0 Å². The number of unbranched alkanes of at least 4 members (excludes halogenated alkanes) is 1. The summed E-state index contributed by atoms with van der Waals surface area (Å²) in [5.74, 6) is 0. The van der Waals surface area contributed by atoms with Crippen molar-refractivity contribution in [2.24, 2.45) is 0 Å². The summed E-state index contributed by atoms with van der Waals surface area (Å²) in [7, 11) is 0. The Bertz CT molecular complexity index is 339. The topological polar surface area (TPSA) is 43.1 Å². The highest BCUT2D eigenvalue weighted by Crippen LogP contribution is 2.27. The van der Waals surface area contributed by atoms with Crippen molar-refractivity contribution in [3.05, 3.63) is 33.9 Å². The molecule has 0 spiro atoms. The summed E-state index contributed by atoms with van der Waals surface area (Å²) >= 11 is 4.09. The zero-order valence-electron chi connectivity index (χ0n) is 8.06. The zero-order valence-corrected chi connectivity index (χ0v) is 8.96. The number of hydrogen-bond donors (Lipinski definition) is 1. The average molecular weight is 211 g/mol. The summed E-state index contributed by atoms with van der Waals surface area (Å²) in [6, 6.07) is 5.25. The Morgan fingerprint density at radius 2 is 2.21 bits per heavy atom. The van der Waals surface area contributed by atoms with Crippen molar-refractivity contribution in [3.63, 3.8) is 0 Å². The second kappa shape index (κ2) is 5.00. The largest absolute Gasteiger partial charge is 0.285 e. The van der Waals surface area contributed by atoms with E-state index >= 15 is 0 Å². The normalized spacial score (nSPS) is 10.1. The predicted molar refractivity (Wildman–Crippen MR) is 59.0 cm³/mol. The van der Waals surface area contributed by atoms with Crippen LogP contribution >= 0.6 is 12.6 Å². The summed E-state index contributed by atoms with van der Waals surface area (Å²) in [6.45, 7) is 2.07. The second-order valence-electron chi connectivity index (χ2n) is 3.15. The van der Waals surface area contributed by atoms with Gasteiger partial charge in [0.05, 0.1) is 9.82 Å². The van der Waals surface area contributed by atoms with Crippen LogP contribution in [0.2, 0.25) is 0 Å². The minimum atomic E-state index is -0.354. The first-order valence-corrected chi connectivity index (χ1v) is 5.06. The molecule has 0 aliphatic carbocycles. The Balaban J connectivity index is 3.02. The summed E-state index contributed by atoms with van der Waals surface area (Å²) in [5, 5.41) is 10.8. The van der Waals surface area contributed by atoms with Crippen molar-refractivity contribution in [3.8, 4) is 0 Å². The van der Waals surface area contributed by atoms with Gasteiger partial charge in [-0.1, -0.05) is 25.5 Å².